The van der Waals surface area contributed by atoms with Crippen molar-refractivity contribution in [3.05, 3.63) is 16.6 Å². The van der Waals surface area contributed by atoms with E-state index in [0.29, 0.717) is 0 Å². The number of rotatable bonds is 4. The van der Waals surface area contributed by atoms with Crippen molar-refractivity contribution in [1.82, 2.24) is 14.5 Å². The molecule has 1 aliphatic heterocycles. The second-order valence-electron chi connectivity index (χ2n) is 7.67. The summed E-state index contributed by atoms with van der Waals surface area (Å²) < 4.78 is 1.60. The zero-order valence-corrected chi connectivity index (χ0v) is 15.5. The first-order valence-corrected chi connectivity index (χ1v) is 8.88. The average molecular weight is 331 g/mol. The van der Waals surface area contributed by atoms with E-state index in [1.54, 1.807) is 11.6 Å². The lowest BCUT2D eigenvalue weighted by Crippen LogP contribution is -2.36. The van der Waals surface area contributed by atoms with E-state index >= 15 is 0 Å². The first-order chi connectivity index (χ1) is 11.4. The Morgan fingerprint density at radius 3 is 2.83 bits per heavy atom. The summed E-state index contributed by atoms with van der Waals surface area (Å²) in [5, 5.41) is 0. The summed E-state index contributed by atoms with van der Waals surface area (Å²) in [5.74, 6) is 2.33. The molecule has 2 aromatic heterocycles. The molecule has 2 aromatic rings. The molecular weight excluding hydrogens is 302 g/mol. The van der Waals surface area contributed by atoms with Gasteiger partial charge in [0, 0.05) is 40.3 Å². The number of aromatic amines is 1. The van der Waals surface area contributed by atoms with Gasteiger partial charge in [-0.15, -0.1) is 0 Å². The zero-order valence-electron chi connectivity index (χ0n) is 15.5. The van der Waals surface area contributed by atoms with Crippen LogP contribution in [0.3, 0.4) is 0 Å². The van der Waals surface area contributed by atoms with Gasteiger partial charge >= 0.3 is 5.69 Å². The lowest BCUT2D eigenvalue weighted by atomic mass is 9.89. The van der Waals surface area contributed by atoms with Crippen molar-refractivity contribution in [2.24, 2.45) is 18.9 Å². The fourth-order valence-electron chi connectivity index (χ4n) is 3.78. The first kappa shape index (κ1) is 16.9. The van der Waals surface area contributed by atoms with Crippen molar-refractivity contribution in [3.8, 4) is 0 Å². The molecule has 132 valence electrons. The van der Waals surface area contributed by atoms with E-state index in [1.807, 2.05) is 19.0 Å². The molecule has 0 amide bonds. The van der Waals surface area contributed by atoms with E-state index in [-0.39, 0.29) is 5.69 Å². The fourth-order valence-corrected chi connectivity index (χ4v) is 3.78. The quantitative estimate of drug-likeness (QED) is 0.935. The standard InChI is InChI=1S/C18H29N5O/c1-12(2)9-13-7-6-8-23(11-13)14-10-15(21(3)4)19-17-16(14)20-18(24)22(17)5/h10,12-13H,6-9,11H2,1-5H3,(H,20,24). The van der Waals surface area contributed by atoms with Gasteiger partial charge in [-0.25, -0.2) is 9.78 Å². The topological polar surface area (TPSA) is 57.2 Å². The maximum atomic E-state index is 12.1. The zero-order chi connectivity index (χ0) is 17.4. The van der Waals surface area contributed by atoms with Gasteiger partial charge < -0.3 is 14.8 Å². The Labute approximate surface area is 143 Å². The predicted molar refractivity (Wildman–Crippen MR) is 100 cm³/mol. The third kappa shape index (κ3) is 3.14. The molecule has 0 aromatic carbocycles. The number of fused-ring (bicyclic) bond motifs is 1. The van der Waals surface area contributed by atoms with Gasteiger partial charge in [0.25, 0.3) is 0 Å². The first-order valence-electron chi connectivity index (χ1n) is 8.88. The van der Waals surface area contributed by atoms with Crippen LogP contribution in [0.4, 0.5) is 11.5 Å². The SMILES string of the molecule is CC(C)CC1CCCN(c2cc(N(C)C)nc3c2[nH]c(=O)n3C)C1. The van der Waals surface area contributed by atoms with Gasteiger partial charge in [-0.3, -0.25) is 4.57 Å². The number of nitrogens with zero attached hydrogens (tertiary/aromatic N) is 4. The molecule has 0 saturated carbocycles. The van der Waals surface area contributed by atoms with E-state index in [2.05, 4.69) is 34.8 Å². The summed E-state index contributed by atoms with van der Waals surface area (Å²) >= 11 is 0. The number of pyridine rings is 1. The van der Waals surface area contributed by atoms with Crippen LogP contribution in [0.1, 0.15) is 33.1 Å². The molecule has 1 saturated heterocycles. The van der Waals surface area contributed by atoms with Crippen LogP contribution in [0.5, 0.6) is 0 Å². The number of hydrogen-bond donors (Lipinski definition) is 1. The number of imidazole rings is 1. The summed E-state index contributed by atoms with van der Waals surface area (Å²) in [6.07, 6.45) is 3.76. The Morgan fingerprint density at radius 2 is 2.17 bits per heavy atom. The average Bonchev–Trinajstić information content (AvgIpc) is 2.81. The number of aryl methyl sites for hydroxylation is 1. The molecule has 0 radical (unpaired) electrons. The van der Waals surface area contributed by atoms with Gasteiger partial charge in [0.1, 0.15) is 11.3 Å². The number of anilines is 2. The molecule has 0 aliphatic carbocycles. The third-order valence-electron chi connectivity index (χ3n) is 4.94. The van der Waals surface area contributed by atoms with Crippen LogP contribution in [0.2, 0.25) is 0 Å². The Morgan fingerprint density at radius 1 is 1.42 bits per heavy atom. The lowest BCUT2D eigenvalue weighted by Gasteiger charge is -2.35. The largest absolute Gasteiger partial charge is 0.369 e. The Balaban J connectivity index is 2.04. The summed E-state index contributed by atoms with van der Waals surface area (Å²) in [5.41, 5.74) is 2.59. The Bertz CT molecular complexity index is 774. The minimum atomic E-state index is -0.106. The van der Waals surface area contributed by atoms with Crippen molar-refractivity contribution in [3.63, 3.8) is 0 Å². The van der Waals surface area contributed by atoms with Gasteiger partial charge in [0.15, 0.2) is 5.65 Å². The predicted octanol–water partition coefficient (Wildman–Crippen LogP) is 2.59. The van der Waals surface area contributed by atoms with Gasteiger partial charge in [-0.2, -0.15) is 0 Å². The normalized spacial score (nSPS) is 18.6. The van der Waals surface area contributed by atoms with Gasteiger partial charge in [-0.05, 0) is 31.1 Å². The van der Waals surface area contributed by atoms with Crippen LogP contribution in [-0.2, 0) is 7.05 Å². The second-order valence-corrected chi connectivity index (χ2v) is 7.67. The number of piperidine rings is 1. The van der Waals surface area contributed by atoms with Crippen molar-refractivity contribution in [2.45, 2.75) is 33.1 Å². The molecule has 3 heterocycles. The molecule has 0 bridgehead atoms. The van der Waals surface area contributed by atoms with Gasteiger partial charge in [0.2, 0.25) is 0 Å². The highest BCUT2D eigenvalue weighted by atomic mass is 16.1. The molecule has 6 heteroatoms. The fraction of sp³-hybridized carbons (Fsp3) is 0.667. The minimum absolute atomic E-state index is 0.106. The number of nitrogens with one attached hydrogen (secondary N) is 1. The van der Waals surface area contributed by atoms with Gasteiger partial charge in [0.05, 0.1) is 5.69 Å². The van der Waals surface area contributed by atoms with E-state index in [0.717, 1.165) is 47.6 Å². The van der Waals surface area contributed by atoms with Crippen molar-refractivity contribution in [1.29, 1.82) is 0 Å². The molecule has 6 nitrogen and oxygen atoms in total. The summed E-state index contributed by atoms with van der Waals surface area (Å²) in [6, 6.07) is 2.11. The highest BCUT2D eigenvalue weighted by Gasteiger charge is 2.24. The summed E-state index contributed by atoms with van der Waals surface area (Å²) in [6.45, 7) is 6.68. The molecule has 1 aliphatic rings. The lowest BCUT2D eigenvalue weighted by molar-refractivity contribution is 0.347. The number of aromatic nitrogens is 3. The molecule has 3 rings (SSSR count). The molecule has 1 atom stereocenters. The van der Waals surface area contributed by atoms with Crippen molar-refractivity contribution < 1.29 is 0 Å². The van der Waals surface area contributed by atoms with Crippen LogP contribution in [0.25, 0.3) is 11.2 Å². The molecule has 1 unspecified atom stereocenters. The molecule has 1 N–H and O–H groups in total. The van der Waals surface area contributed by atoms with Crippen LogP contribution in [-0.4, -0.2) is 41.7 Å². The highest BCUT2D eigenvalue weighted by Crippen LogP contribution is 2.32. The minimum Gasteiger partial charge on any atom is -0.369 e. The van der Waals surface area contributed by atoms with Crippen molar-refractivity contribution in [2.75, 3.05) is 37.0 Å². The summed E-state index contributed by atoms with van der Waals surface area (Å²) in [4.78, 5) is 24.2. The third-order valence-corrected chi connectivity index (χ3v) is 4.94. The maximum Gasteiger partial charge on any atom is 0.327 e. The Hall–Kier alpha value is -1.98. The van der Waals surface area contributed by atoms with Gasteiger partial charge in [-0.1, -0.05) is 13.8 Å². The molecular formula is C18H29N5O. The second kappa shape index (κ2) is 6.49. The van der Waals surface area contributed by atoms with E-state index < -0.39 is 0 Å². The Kier molecular flexibility index (Phi) is 4.56. The number of hydrogen-bond acceptors (Lipinski definition) is 4. The van der Waals surface area contributed by atoms with E-state index in [9.17, 15) is 4.79 Å². The number of H-pyrrole nitrogens is 1. The molecule has 24 heavy (non-hydrogen) atoms. The monoisotopic (exact) mass is 331 g/mol. The maximum absolute atomic E-state index is 12.1. The molecule has 1 fully saturated rings. The highest BCUT2D eigenvalue weighted by molar-refractivity contribution is 5.88. The van der Waals surface area contributed by atoms with Crippen LogP contribution >= 0.6 is 0 Å². The van der Waals surface area contributed by atoms with Crippen LogP contribution in [0, 0.1) is 11.8 Å². The molecule has 0 spiro atoms. The van der Waals surface area contributed by atoms with E-state index in [4.69, 9.17) is 0 Å². The summed E-state index contributed by atoms with van der Waals surface area (Å²) in [7, 11) is 5.75. The van der Waals surface area contributed by atoms with E-state index in [1.165, 1.54) is 19.3 Å². The van der Waals surface area contributed by atoms with Crippen LogP contribution < -0.4 is 15.5 Å². The van der Waals surface area contributed by atoms with Crippen molar-refractivity contribution >= 4 is 22.7 Å². The smallest absolute Gasteiger partial charge is 0.327 e. The van der Waals surface area contributed by atoms with Crippen LogP contribution in [0.15, 0.2) is 10.9 Å².